The van der Waals surface area contributed by atoms with E-state index >= 15 is 0 Å². The Morgan fingerprint density at radius 1 is 0.606 bits per heavy atom. The van der Waals surface area contributed by atoms with Gasteiger partial charge in [0.15, 0.2) is 6.29 Å². The van der Waals surface area contributed by atoms with Gasteiger partial charge < -0.3 is 29.2 Å². The molecule has 33 heavy (non-hydrogen) atoms. The molecule has 0 saturated carbocycles. The molecule has 0 aliphatic carbocycles. The molecule has 0 aromatic heterocycles. The highest BCUT2D eigenvalue weighted by molar-refractivity contribution is 5.15. The summed E-state index contributed by atoms with van der Waals surface area (Å²) >= 11 is 0. The minimum atomic E-state index is -1.19. The molecule has 5 atom stereocenters. The van der Waals surface area contributed by atoms with Crippen LogP contribution in [0.5, 0.6) is 0 Å². The quantitative estimate of drug-likeness (QED) is 0.493. The highest BCUT2D eigenvalue weighted by Gasteiger charge is 2.46. The van der Waals surface area contributed by atoms with Crippen LogP contribution in [0.25, 0.3) is 0 Å². The summed E-state index contributed by atoms with van der Waals surface area (Å²) in [5, 5.41) is 21.6. The number of ether oxygens (including phenoxy) is 4. The minimum Gasteiger partial charge on any atom is -0.387 e. The van der Waals surface area contributed by atoms with Gasteiger partial charge >= 0.3 is 0 Å². The van der Waals surface area contributed by atoms with Gasteiger partial charge in [-0.3, -0.25) is 0 Å². The van der Waals surface area contributed by atoms with Crippen LogP contribution in [0.4, 0.5) is 0 Å². The number of rotatable bonds is 10. The molecule has 3 aromatic rings. The van der Waals surface area contributed by atoms with E-state index < -0.39 is 30.7 Å². The van der Waals surface area contributed by atoms with Crippen molar-refractivity contribution < 1.29 is 29.2 Å². The standard InChI is InChI=1S/C27H30O6/c28-24-23(19-30-16-20-10-4-1-5-11-20)33-27(32-18-22-14-8-3-9-15-22)26(25(24)29)31-17-21-12-6-2-7-13-21/h1-15,23-29H,16-19H2/t23?,24-,25?,26?,27+/m0/s1. The summed E-state index contributed by atoms with van der Waals surface area (Å²) in [6.45, 7) is 1.05. The average molecular weight is 451 g/mol. The maximum Gasteiger partial charge on any atom is 0.187 e. The third-order valence-corrected chi connectivity index (χ3v) is 5.58. The molecular weight excluding hydrogens is 420 g/mol. The van der Waals surface area contributed by atoms with Crippen LogP contribution in [-0.4, -0.2) is 47.5 Å². The van der Waals surface area contributed by atoms with Crippen molar-refractivity contribution in [1.29, 1.82) is 0 Å². The van der Waals surface area contributed by atoms with Crippen LogP contribution in [0, 0.1) is 0 Å². The zero-order chi connectivity index (χ0) is 22.9. The van der Waals surface area contributed by atoms with Crippen LogP contribution >= 0.6 is 0 Å². The van der Waals surface area contributed by atoms with Crippen molar-refractivity contribution in [2.24, 2.45) is 0 Å². The third kappa shape index (κ3) is 6.71. The van der Waals surface area contributed by atoms with Crippen LogP contribution in [0.15, 0.2) is 91.0 Å². The Balaban J connectivity index is 1.40. The lowest BCUT2D eigenvalue weighted by Crippen LogP contribution is -2.60. The lowest BCUT2D eigenvalue weighted by molar-refractivity contribution is -0.316. The Morgan fingerprint density at radius 2 is 1.09 bits per heavy atom. The molecule has 1 aliphatic rings. The first kappa shape index (κ1) is 23.6. The highest BCUT2D eigenvalue weighted by Crippen LogP contribution is 2.27. The van der Waals surface area contributed by atoms with Crippen molar-refractivity contribution in [2.45, 2.75) is 50.5 Å². The van der Waals surface area contributed by atoms with E-state index in [1.165, 1.54) is 0 Å². The van der Waals surface area contributed by atoms with E-state index in [1.807, 2.05) is 91.0 Å². The molecule has 0 bridgehead atoms. The Kier molecular flexibility index (Phi) is 8.60. The summed E-state index contributed by atoms with van der Waals surface area (Å²) in [6, 6.07) is 29.1. The molecule has 6 nitrogen and oxygen atoms in total. The summed E-state index contributed by atoms with van der Waals surface area (Å²) in [5.41, 5.74) is 2.94. The maximum atomic E-state index is 10.9. The van der Waals surface area contributed by atoms with Gasteiger partial charge in [-0.2, -0.15) is 0 Å². The van der Waals surface area contributed by atoms with Gasteiger partial charge in [0, 0.05) is 0 Å². The molecule has 1 aliphatic heterocycles. The summed E-state index contributed by atoms with van der Waals surface area (Å²) in [4.78, 5) is 0. The number of aliphatic hydroxyl groups excluding tert-OH is 2. The van der Waals surface area contributed by atoms with Crippen LogP contribution in [-0.2, 0) is 38.8 Å². The van der Waals surface area contributed by atoms with E-state index in [2.05, 4.69) is 0 Å². The van der Waals surface area contributed by atoms with E-state index in [0.29, 0.717) is 6.61 Å². The lowest BCUT2D eigenvalue weighted by Gasteiger charge is -2.42. The second kappa shape index (κ2) is 12.0. The number of aliphatic hydroxyl groups is 2. The van der Waals surface area contributed by atoms with Gasteiger partial charge in [-0.15, -0.1) is 0 Å². The van der Waals surface area contributed by atoms with Crippen molar-refractivity contribution in [1.82, 2.24) is 0 Å². The fourth-order valence-electron chi connectivity index (χ4n) is 3.74. The van der Waals surface area contributed by atoms with Crippen molar-refractivity contribution in [3.63, 3.8) is 0 Å². The first-order chi connectivity index (χ1) is 16.2. The molecule has 0 amide bonds. The fraction of sp³-hybridized carbons (Fsp3) is 0.333. The number of hydrogen-bond acceptors (Lipinski definition) is 6. The van der Waals surface area contributed by atoms with E-state index in [9.17, 15) is 10.2 Å². The van der Waals surface area contributed by atoms with Crippen molar-refractivity contribution in [2.75, 3.05) is 6.61 Å². The zero-order valence-electron chi connectivity index (χ0n) is 18.4. The molecule has 1 fully saturated rings. The summed E-state index contributed by atoms with van der Waals surface area (Å²) in [7, 11) is 0. The van der Waals surface area contributed by atoms with Gasteiger partial charge in [-0.05, 0) is 16.7 Å². The number of benzene rings is 3. The molecule has 0 radical (unpaired) electrons. The second-order valence-corrected chi connectivity index (χ2v) is 8.08. The van der Waals surface area contributed by atoms with E-state index in [1.54, 1.807) is 0 Å². The topological polar surface area (TPSA) is 77.4 Å². The summed E-state index contributed by atoms with van der Waals surface area (Å²) in [5.74, 6) is 0. The van der Waals surface area contributed by atoms with E-state index in [-0.39, 0.29) is 19.8 Å². The second-order valence-electron chi connectivity index (χ2n) is 8.08. The van der Waals surface area contributed by atoms with Crippen molar-refractivity contribution in [3.8, 4) is 0 Å². The fourth-order valence-corrected chi connectivity index (χ4v) is 3.74. The van der Waals surface area contributed by atoms with Gasteiger partial charge in [-0.1, -0.05) is 91.0 Å². The third-order valence-electron chi connectivity index (χ3n) is 5.58. The SMILES string of the molecule is OC1C(OCc2ccccc2)[C@H](OCc2ccccc2)OC(COCc2ccccc2)[C@@H]1O. The maximum absolute atomic E-state index is 10.9. The largest absolute Gasteiger partial charge is 0.387 e. The smallest absolute Gasteiger partial charge is 0.187 e. The summed E-state index contributed by atoms with van der Waals surface area (Å²) in [6.07, 6.45) is -4.82. The molecule has 3 unspecified atom stereocenters. The van der Waals surface area contributed by atoms with Crippen LogP contribution in [0.1, 0.15) is 16.7 Å². The molecule has 1 heterocycles. The molecule has 2 N–H and O–H groups in total. The molecule has 3 aromatic carbocycles. The van der Waals surface area contributed by atoms with E-state index in [0.717, 1.165) is 16.7 Å². The minimum absolute atomic E-state index is 0.115. The van der Waals surface area contributed by atoms with Gasteiger partial charge in [0.05, 0.1) is 26.4 Å². The van der Waals surface area contributed by atoms with Crippen molar-refractivity contribution in [3.05, 3.63) is 108 Å². The highest BCUT2D eigenvalue weighted by atomic mass is 16.7. The molecule has 4 rings (SSSR count). The first-order valence-corrected chi connectivity index (χ1v) is 11.1. The van der Waals surface area contributed by atoms with Crippen LogP contribution < -0.4 is 0 Å². The molecule has 1 saturated heterocycles. The van der Waals surface area contributed by atoms with Gasteiger partial charge in [0.2, 0.25) is 0 Å². The van der Waals surface area contributed by atoms with Gasteiger partial charge in [-0.25, -0.2) is 0 Å². The molecule has 174 valence electrons. The Morgan fingerprint density at radius 3 is 1.64 bits per heavy atom. The summed E-state index contributed by atoms with van der Waals surface area (Å²) < 4.78 is 23.8. The molecule has 0 spiro atoms. The predicted octanol–water partition coefficient (Wildman–Crippen LogP) is 3.45. The average Bonchev–Trinajstić information content (AvgIpc) is 2.87. The van der Waals surface area contributed by atoms with Crippen LogP contribution in [0.2, 0.25) is 0 Å². The Hall–Kier alpha value is -2.58. The Labute approximate surface area is 194 Å². The zero-order valence-corrected chi connectivity index (χ0v) is 18.4. The monoisotopic (exact) mass is 450 g/mol. The molecule has 6 heteroatoms. The van der Waals surface area contributed by atoms with Gasteiger partial charge in [0.25, 0.3) is 0 Å². The lowest BCUT2D eigenvalue weighted by atomic mass is 9.99. The predicted molar refractivity (Wildman–Crippen MR) is 123 cm³/mol. The first-order valence-electron chi connectivity index (χ1n) is 11.1. The number of hydrogen-bond donors (Lipinski definition) is 2. The van der Waals surface area contributed by atoms with E-state index in [4.69, 9.17) is 18.9 Å². The van der Waals surface area contributed by atoms with Crippen molar-refractivity contribution >= 4 is 0 Å². The van der Waals surface area contributed by atoms with Gasteiger partial charge in [0.1, 0.15) is 24.4 Å². The molecular formula is C27H30O6. The van der Waals surface area contributed by atoms with Crippen LogP contribution in [0.3, 0.4) is 0 Å². The normalized spacial score (nSPS) is 25.1. The Bertz CT molecular complexity index is 935.